The number of piperidine rings is 1. The Morgan fingerprint density at radius 1 is 1.45 bits per heavy atom. The Bertz CT molecular complexity index is 664. The topological polar surface area (TPSA) is 72.1 Å². The standard InChI is InChI=1S/C13H15ClN4OS/c1-7-6-9-10(14)16-13(17-12(9)20-7)18-4-2-8(3-5-18)11(15)19/h6,8H,2-5H2,1H3,(H2,15,19). The average Bonchev–Trinajstić information content (AvgIpc) is 2.80. The third-order valence-electron chi connectivity index (χ3n) is 3.64. The molecule has 0 saturated carbocycles. The van der Waals surface area contributed by atoms with Crippen molar-refractivity contribution in [1.82, 2.24) is 9.97 Å². The van der Waals surface area contributed by atoms with E-state index >= 15 is 0 Å². The molecule has 0 spiro atoms. The molecule has 3 rings (SSSR count). The van der Waals surface area contributed by atoms with Crippen molar-refractivity contribution in [3.05, 3.63) is 16.1 Å². The Hall–Kier alpha value is -1.40. The van der Waals surface area contributed by atoms with Crippen LogP contribution in [0.2, 0.25) is 5.15 Å². The summed E-state index contributed by atoms with van der Waals surface area (Å²) < 4.78 is 0. The van der Waals surface area contributed by atoms with Crippen LogP contribution in [0.25, 0.3) is 10.2 Å². The Morgan fingerprint density at radius 2 is 2.15 bits per heavy atom. The van der Waals surface area contributed by atoms with Crippen molar-refractivity contribution in [2.24, 2.45) is 11.7 Å². The normalized spacial score (nSPS) is 16.8. The maximum absolute atomic E-state index is 11.2. The van der Waals surface area contributed by atoms with E-state index in [1.807, 2.05) is 13.0 Å². The smallest absolute Gasteiger partial charge is 0.228 e. The number of carbonyl (C=O) groups is 1. The number of hydrogen-bond donors (Lipinski definition) is 1. The van der Waals surface area contributed by atoms with Gasteiger partial charge in [-0.2, -0.15) is 0 Å². The van der Waals surface area contributed by atoms with Crippen LogP contribution < -0.4 is 10.6 Å². The number of hydrogen-bond acceptors (Lipinski definition) is 5. The summed E-state index contributed by atoms with van der Waals surface area (Å²) in [6, 6.07) is 2.01. The molecule has 2 aromatic rings. The SMILES string of the molecule is Cc1cc2c(Cl)nc(N3CCC(C(N)=O)CC3)nc2s1. The largest absolute Gasteiger partial charge is 0.369 e. The van der Waals surface area contributed by atoms with Crippen LogP contribution >= 0.6 is 22.9 Å². The lowest BCUT2D eigenvalue weighted by Gasteiger charge is -2.30. The predicted molar refractivity (Wildman–Crippen MR) is 81.3 cm³/mol. The Labute approximate surface area is 125 Å². The molecule has 0 radical (unpaired) electrons. The van der Waals surface area contributed by atoms with Gasteiger partial charge in [0.15, 0.2) is 0 Å². The van der Waals surface area contributed by atoms with Crippen LogP contribution in [0.5, 0.6) is 0 Å². The van der Waals surface area contributed by atoms with E-state index in [0.29, 0.717) is 11.1 Å². The van der Waals surface area contributed by atoms with Gasteiger partial charge in [0.25, 0.3) is 0 Å². The maximum atomic E-state index is 11.2. The lowest BCUT2D eigenvalue weighted by Crippen LogP contribution is -2.39. The summed E-state index contributed by atoms with van der Waals surface area (Å²) >= 11 is 7.84. The van der Waals surface area contributed by atoms with E-state index in [2.05, 4.69) is 14.9 Å². The second-order valence-corrected chi connectivity index (χ2v) is 6.65. The summed E-state index contributed by atoms with van der Waals surface area (Å²) in [5.74, 6) is 0.398. The summed E-state index contributed by atoms with van der Waals surface area (Å²) in [5.41, 5.74) is 5.34. The quantitative estimate of drug-likeness (QED) is 0.864. The van der Waals surface area contributed by atoms with Crippen LogP contribution in [-0.2, 0) is 4.79 Å². The molecule has 20 heavy (non-hydrogen) atoms. The first-order valence-corrected chi connectivity index (χ1v) is 7.72. The van der Waals surface area contributed by atoms with Gasteiger partial charge in [0.2, 0.25) is 11.9 Å². The zero-order valence-electron chi connectivity index (χ0n) is 11.1. The van der Waals surface area contributed by atoms with Gasteiger partial charge in [-0.05, 0) is 25.8 Å². The molecule has 1 aliphatic rings. The van der Waals surface area contributed by atoms with Gasteiger partial charge >= 0.3 is 0 Å². The van der Waals surface area contributed by atoms with E-state index in [1.54, 1.807) is 11.3 Å². The van der Waals surface area contributed by atoms with Gasteiger partial charge in [-0.25, -0.2) is 9.97 Å². The number of nitrogens with two attached hydrogens (primary N) is 1. The lowest BCUT2D eigenvalue weighted by molar-refractivity contribution is -0.122. The van der Waals surface area contributed by atoms with Crippen molar-refractivity contribution < 1.29 is 4.79 Å². The molecule has 1 amide bonds. The number of halogens is 1. The number of nitrogens with zero attached hydrogens (tertiary/aromatic N) is 3. The lowest BCUT2D eigenvalue weighted by atomic mass is 9.96. The van der Waals surface area contributed by atoms with Gasteiger partial charge in [-0.1, -0.05) is 11.6 Å². The van der Waals surface area contributed by atoms with E-state index in [9.17, 15) is 4.79 Å². The third kappa shape index (κ3) is 2.45. The van der Waals surface area contributed by atoms with E-state index in [0.717, 1.165) is 36.1 Å². The van der Waals surface area contributed by atoms with Crippen molar-refractivity contribution >= 4 is 45.0 Å². The molecule has 0 aromatic carbocycles. The molecule has 3 heterocycles. The molecule has 1 fully saturated rings. The van der Waals surface area contributed by atoms with Crippen molar-refractivity contribution in [1.29, 1.82) is 0 Å². The number of primary amides is 1. The van der Waals surface area contributed by atoms with Crippen molar-refractivity contribution in [2.75, 3.05) is 18.0 Å². The van der Waals surface area contributed by atoms with Gasteiger partial charge in [0.1, 0.15) is 9.98 Å². The van der Waals surface area contributed by atoms with E-state index in [1.165, 1.54) is 4.88 Å². The summed E-state index contributed by atoms with van der Waals surface area (Å²) in [5, 5.41) is 1.40. The van der Waals surface area contributed by atoms with Crippen LogP contribution in [0.15, 0.2) is 6.07 Å². The van der Waals surface area contributed by atoms with Crippen LogP contribution in [0.4, 0.5) is 5.95 Å². The molecule has 2 N–H and O–H groups in total. The minimum absolute atomic E-state index is 0.0329. The number of rotatable bonds is 2. The molecule has 0 unspecified atom stereocenters. The van der Waals surface area contributed by atoms with Crippen LogP contribution in [-0.4, -0.2) is 29.0 Å². The molecule has 0 aliphatic carbocycles. The highest BCUT2D eigenvalue weighted by molar-refractivity contribution is 7.18. The van der Waals surface area contributed by atoms with Gasteiger partial charge < -0.3 is 10.6 Å². The molecule has 5 nitrogen and oxygen atoms in total. The molecule has 2 aromatic heterocycles. The first kappa shape index (κ1) is 13.6. The second-order valence-electron chi connectivity index (χ2n) is 5.05. The van der Waals surface area contributed by atoms with Crippen LogP contribution in [0.1, 0.15) is 17.7 Å². The number of amides is 1. The summed E-state index contributed by atoms with van der Waals surface area (Å²) in [7, 11) is 0. The highest BCUT2D eigenvalue weighted by Gasteiger charge is 2.25. The number of aryl methyl sites for hydroxylation is 1. The number of anilines is 1. The van der Waals surface area contributed by atoms with Crippen molar-refractivity contribution in [3.8, 4) is 0 Å². The Balaban J connectivity index is 1.86. The minimum Gasteiger partial charge on any atom is -0.369 e. The first-order valence-electron chi connectivity index (χ1n) is 6.52. The van der Waals surface area contributed by atoms with E-state index in [4.69, 9.17) is 17.3 Å². The van der Waals surface area contributed by atoms with Crippen LogP contribution in [0.3, 0.4) is 0 Å². The second kappa shape index (κ2) is 5.18. The molecule has 1 aliphatic heterocycles. The number of carbonyl (C=O) groups excluding carboxylic acids is 1. The molecule has 0 bridgehead atoms. The Kier molecular flexibility index (Phi) is 3.52. The highest BCUT2D eigenvalue weighted by Crippen LogP contribution is 2.31. The first-order chi connectivity index (χ1) is 9.54. The number of fused-ring (bicyclic) bond motifs is 1. The summed E-state index contributed by atoms with van der Waals surface area (Å²) in [6.45, 7) is 3.50. The van der Waals surface area contributed by atoms with E-state index < -0.39 is 0 Å². The monoisotopic (exact) mass is 310 g/mol. The predicted octanol–water partition coefficient (Wildman–Crippen LogP) is 2.35. The molecule has 7 heteroatoms. The zero-order chi connectivity index (χ0) is 14.3. The fourth-order valence-electron chi connectivity index (χ4n) is 2.50. The zero-order valence-corrected chi connectivity index (χ0v) is 12.7. The van der Waals surface area contributed by atoms with E-state index in [-0.39, 0.29) is 11.8 Å². The fourth-order valence-corrected chi connectivity index (χ4v) is 3.65. The fraction of sp³-hybridized carbons (Fsp3) is 0.462. The van der Waals surface area contributed by atoms with Crippen molar-refractivity contribution in [3.63, 3.8) is 0 Å². The highest BCUT2D eigenvalue weighted by atomic mass is 35.5. The molecule has 106 valence electrons. The van der Waals surface area contributed by atoms with Crippen molar-refractivity contribution in [2.45, 2.75) is 19.8 Å². The third-order valence-corrected chi connectivity index (χ3v) is 4.87. The molecule has 0 atom stereocenters. The molecular formula is C13H15ClN4OS. The van der Waals surface area contributed by atoms with Gasteiger partial charge in [0.05, 0.1) is 0 Å². The minimum atomic E-state index is -0.215. The molecular weight excluding hydrogens is 296 g/mol. The summed E-state index contributed by atoms with van der Waals surface area (Å²) in [6.07, 6.45) is 1.50. The number of thiophene rings is 1. The molecule has 1 saturated heterocycles. The Morgan fingerprint density at radius 3 is 2.80 bits per heavy atom. The van der Waals surface area contributed by atoms with Gasteiger partial charge in [0, 0.05) is 29.3 Å². The number of aromatic nitrogens is 2. The summed E-state index contributed by atoms with van der Waals surface area (Å²) in [4.78, 5) is 24.3. The van der Waals surface area contributed by atoms with Crippen LogP contribution in [0, 0.1) is 12.8 Å². The maximum Gasteiger partial charge on any atom is 0.228 e. The van der Waals surface area contributed by atoms with Gasteiger partial charge in [-0.3, -0.25) is 4.79 Å². The van der Waals surface area contributed by atoms with Gasteiger partial charge in [-0.15, -0.1) is 11.3 Å². The average molecular weight is 311 g/mol.